The lowest BCUT2D eigenvalue weighted by Crippen LogP contribution is -2.50. The first-order valence-electron chi connectivity index (χ1n) is 11.0. The zero-order valence-electron chi connectivity index (χ0n) is 19.0. The lowest BCUT2D eigenvalue weighted by Gasteiger charge is -2.38. The average Bonchev–Trinajstić information content (AvgIpc) is 2.98. The van der Waals surface area contributed by atoms with E-state index in [0.29, 0.717) is 22.8 Å². The largest absolute Gasteiger partial charge is 0.465 e. The van der Waals surface area contributed by atoms with Crippen LogP contribution in [-0.2, 0) is 23.8 Å². The summed E-state index contributed by atoms with van der Waals surface area (Å²) in [6.45, 7) is 9.55. The number of halogens is 1. The molecule has 0 amide bonds. The Morgan fingerprint density at radius 2 is 2.09 bits per heavy atom. The Morgan fingerprint density at radius 1 is 1.38 bits per heavy atom. The molecule has 1 aliphatic carbocycles. The van der Waals surface area contributed by atoms with E-state index in [9.17, 15) is 14.7 Å². The van der Waals surface area contributed by atoms with Crippen LogP contribution in [0.4, 0.5) is 0 Å². The van der Waals surface area contributed by atoms with E-state index < -0.39 is 41.1 Å². The fourth-order valence-electron chi connectivity index (χ4n) is 5.10. The van der Waals surface area contributed by atoms with Crippen LogP contribution in [0.15, 0.2) is 58.1 Å². The van der Waals surface area contributed by atoms with Crippen LogP contribution in [-0.4, -0.2) is 34.4 Å². The number of hydrogen-bond acceptors (Lipinski definition) is 6. The Bertz CT molecular complexity index is 1020. The maximum Gasteiger partial charge on any atom is 0.315 e. The summed E-state index contributed by atoms with van der Waals surface area (Å²) in [4.78, 5) is 26.1. The Labute approximate surface area is 193 Å². The second kappa shape index (κ2) is 8.01. The average molecular weight is 461 g/mol. The van der Waals surface area contributed by atoms with Crippen LogP contribution in [0, 0.1) is 17.8 Å². The molecule has 0 aromatic carbocycles. The van der Waals surface area contributed by atoms with Gasteiger partial charge < -0.3 is 19.3 Å². The molecule has 0 unspecified atom stereocenters. The van der Waals surface area contributed by atoms with E-state index in [1.165, 1.54) is 6.26 Å². The maximum absolute atomic E-state index is 13.3. The zero-order valence-corrected chi connectivity index (χ0v) is 19.7. The van der Waals surface area contributed by atoms with Gasteiger partial charge in [0.05, 0.1) is 11.3 Å². The highest BCUT2D eigenvalue weighted by atomic mass is 35.5. The van der Waals surface area contributed by atoms with E-state index in [2.05, 4.69) is 19.9 Å². The first kappa shape index (κ1) is 23.0. The molecule has 2 saturated heterocycles. The van der Waals surface area contributed by atoms with Gasteiger partial charge in [-0.1, -0.05) is 49.6 Å². The van der Waals surface area contributed by atoms with Gasteiger partial charge in [-0.05, 0) is 38.8 Å². The van der Waals surface area contributed by atoms with E-state index in [0.717, 1.165) is 12.0 Å². The standard InChI is InChI=1S/C25H29ClO6/c1-6-13(2)9-14(3)7-8-16-10-17-18(12-30-16)19-20-23(28)31-15(4)11-25(20,29)32-24(19,5)22(27)21(17)26/h7-10,12-13,15,19-20,29H,6,11H2,1-5H3/b8-7+,14-9-/t13-,15+,19+,20+,24-,25+/m0/s1. The van der Waals surface area contributed by atoms with Crippen molar-refractivity contribution < 1.29 is 28.9 Å². The lowest BCUT2D eigenvalue weighted by molar-refractivity contribution is -0.260. The van der Waals surface area contributed by atoms with Crippen molar-refractivity contribution in [3.05, 3.63) is 58.1 Å². The number of esters is 1. The van der Waals surface area contributed by atoms with Crippen molar-refractivity contribution in [1.29, 1.82) is 0 Å². The van der Waals surface area contributed by atoms with Crippen LogP contribution >= 0.6 is 11.6 Å². The van der Waals surface area contributed by atoms with Gasteiger partial charge in [-0.2, -0.15) is 0 Å². The summed E-state index contributed by atoms with van der Waals surface area (Å²) >= 11 is 6.50. The van der Waals surface area contributed by atoms with Gasteiger partial charge >= 0.3 is 5.97 Å². The molecular formula is C25H29ClO6. The monoisotopic (exact) mass is 460 g/mol. The van der Waals surface area contributed by atoms with Crippen LogP contribution in [0.3, 0.4) is 0 Å². The predicted molar refractivity (Wildman–Crippen MR) is 119 cm³/mol. The predicted octanol–water partition coefficient (Wildman–Crippen LogP) is 4.45. The van der Waals surface area contributed by atoms with Crippen LogP contribution in [0.1, 0.15) is 47.5 Å². The molecule has 3 aliphatic heterocycles. The van der Waals surface area contributed by atoms with E-state index in [-0.39, 0.29) is 11.5 Å². The molecule has 2 fully saturated rings. The van der Waals surface area contributed by atoms with Crippen molar-refractivity contribution in [2.75, 3.05) is 0 Å². The summed E-state index contributed by atoms with van der Waals surface area (Å²) in [5.41, 5.74) is 0.635. The molecule has 172 valence electrons. The van der Waals surface area contributed by atoms with Crippen molar-refractivity contribution in [2.45, 2.75) is 65.0 Å². The number of carbonyl (C=O) groups excluding carboxylic acids is 2. The molecule has 32 heavy (non-hydrogen) atoms. The zero-order chi connectivity index (χ0) is 23.4. The number of cyclic esters (lactones) is 1. The molecule has 7 heteroatoms. The number of carbonyl (C=O) groups is 2. The quantitative estimate of drug-likeness (QED) is 0.493. The Hall–Kier alpha value is -2.15. The number of ketones is 1. The molecule has 6 atom stereocenters. The van der Waals surface area contributed by atoms with E-state index in [4.69, 9.17) is 25.8 Å². The fourth-order valence-corrected chi connectivity index (χ4v) is 5.45. The molecular weight excluding hydrogens is 432 g/mol. The summed E-state index contributed by atoms with van der Waals surface area (Å²) in [6.07, 6.45) is 9.73. The highest BCUT2D eigenvalue weighted by Gasteiger charge is 2.70. The SMILES string of the molecule is CC[C@H](C)/C=C(C)\C=C\C1=CC2=C(Cl)C(=O)[C@@]3(C)O[C@]4(O)C[C@@H](C)OC(=O)[C@H]4[C@H]3C2=CO1. The first-order valence-corrected chi connectivity index (χ1v) is 11.4. The molecule has 6 nitrogen and oxygen atoms in total. The molecule has 0 aromatic rings. The molecule has 4 rings (SSSR count). The van der Waals surface area contributed by atoms with Gasteiger partial charge in [-0.15, -0.1) is 0 Å². The number of Topliss-reactive ketones (excluding diaryl/α,β-unsaturated/α-hetero) is 1. The Balaban J connectivity index is 1.70. The summed E-state index contributed by atoms with van der Waals surface area (Å²) < 4.78 is 17.1. The minimum atomic E-state index is -1.81. The second-order valence-corrected chi connectivity index (χ2v) is 9.76. The third-order valence-corrected chi connectivity index (χ3v) is 7.17. The van der Waals surface area contributed by atoms with E-state index in [1.54, 1.807) is 19.9 Å². The fraction of sp³-hybridized carbons (Fsp3) is 0.520. The van der Waals surface area contributed by atoms with Crippen LogP contribution in [0.5, 0.6) is 0 Å². The lowest BCUT2D eigenvalue weighted by atomic mass is 9.66. The van der Waals surface area contributed by atoms with Crippen molar-refractivity contribution in [3.63, 3.8) is 0 Å². The summed E-state index contributed by atoms with van der Waals surface area (Å²) in [5.74, 6) is -3.69. The number of ether oxygens (including phenoxy) is 3. The van der Waals surface area contributed by atoms with E-state index in [1.807, 2.05) is 19.1 Å². The van der Waals surface area contributed by atoms with Crippen LogP contribution < -0.4 is 0 Å². The Morgan fingerprint density at radius 3 is 2.78 bits per heavy atom. The molecule has 3 heterocycles. The second-order valence-electron chi connectivity index (χ2n) is 9.38. The maximum atomic E-state index is 13.3. The third kappa shape index (κ3) is 3.58. The van der Waals surface area contributed by atoms with Crippen LogP contribution in [0.25, 0.3) is 0 Å². The highest BCUT2D eigenvalue weighted by Crippen LogP contribution is 2.58. The molecule has 1 N–H and O–H groups in total. The smallest absolute Gasteiger partial charge is 0.315 e. The van der Waals surface area contributed by atoms with Gasteiger partial charge in [0.25, 0.3) is 0 Å². The normalized spacial score (nSPS) is 37.8. The molecule has 4 aliphatic rings. The topological polar surface area (TPSA) is 82.1 Å². The van der Waals surface area contributed by atoms with Gasteiger partial charge in [0.1, 0.15) is 23.4 Å². The summed E-state index contributed by atoms with van der Waals surface area (Å²) in [5, 5.41) is 11.2. The molecule has 0 radical (unpaired) electrons. The number of rotatable bonds is 4. The van der Waals surface area contributed by atoms with Crippen molar-refractivity contribution in [3.8, 4) is 0 Å². The van der Waals surface area contributed by atoms with Gasteiger partial charge in [0, 0.05) is 23.5 Å². The van der Waals surface area contributed by atoms with Crippen molar-refractivity contribution in [1.82, 2.24) is 0 Å². The third-order valence-electron chi connectivity index (χ3n) is 6.80. The Kier molecular flexibility index (Phi) is 5.76. The molecule has 0 spiro atoms. The van der Waals surface area contributed by atoms with E-state index >= 15 is 0 Å². The summed E-state index contributed by atoms with van der Waals surface area (Å²) in [7, 11) is 0. The van der Waals surface area contributed by atoms with Crippen LogP contribution in [0.2, 0.25) is 0 Å². The summed E-state index contributed by atoms with van der Waals surface area (Å²) in [6, 6.07) is 0. The molecule has 0 aromatic heterocycles. The van der Waals surface area contributed by atoms with Crippen molar-refractivity contribution >= 4 is 23.4 Å². The minimum absolute atomic E-state index is 0.000248. The first-order chi connectivity index (χ1) is 15.0. The number of aliphatic hydroxyl groups is 1. The minimum Gasteiger partial charge on any atom is -0.465 e. The molecule has 0 saturated carbocycles. The van der Waals surface area contributed by atoms with Gasteiger partial charge in [0.2, 0.25) is 5.78 Å². The number of allylic oxidation sites excluding steroid dienone is 6. The van der Waals surface area contributed by atoms with Gasteiger partial charge in [-0.25, -0.2) is 0 Å². The van der Waals surface area contributed by atoms with Gasteiger partial charge in [-0.3, -0.25) is 9.59 Å². The molecule has 0 bridgehead atoms. The number of fused-ring (bicyclic) bond motifs is 5. The number of hydrogen-bond donors (Lipinski definition) is 1. The highest BCUT2D eigenvalue weighted by molar-refractivity contribution is 6.45. The van der Waals surface area contributed by atoms with Gasteiger partial charge in [0.15, 0.2) is 5.79 Å². The van der Waals surface area contributed by atoms with Crippen molar-refractivity contribution in [2.24, 2.45) is 17.8 Å².